The molecular formula is C27H29ClN2O. The fourth-order valence-corrected chi connectivity index (χ4v) is 4.43. The topological polar surface area (TPSA) is 32.3 Å². The quantitative estimate of drug-likeness (QED) is 0.491. The summed E-state index contributed by atoms with van der Waals surface area (Å²) in [4.78, 5) is 15.1. The van der Waals surface area contributed by atoms with Crippen molar-refractivity contribution in [1.82, 2.24) is 4.90 Å². The monoisotopic (exact) mass is 432 g/mol. The van der Waals surface area contributed by atoms with Gasteiger partial charge < -0.3 is 5.32 Å². The van der Waals surface area contributed by atoms with Crippen LogP contribution in [0.25, 0.3) is 0 Å². The van der Waals surface area contributed by atoms with Crippen molar-refractivity contribution >= 4 is 23.2 Å². The van der Waals surface area contributed by atoms with Gasteiger partial charge in [-0.3, -0.25) is 9.69 Å². The maximum atomic E-state index is 12.6. The van der Waals surface area contributed by atoms with Gasteiger partial charge in [0.15, 0.2) is 0 Å². The minimum Gasteiger partial charge on any atom is -0.322 e. The standard InChI is InChI=1S/C27H29ClN2O/c1-20-25(28)8-5-9-26(20)29-27(31)24-12-10-23(11-13-24)19-30-16-14-22(15-17-30)18-21-6-3-2-4-7-21/h2-13,22H,14-19H2,1H3,(H,29,31). The normalized spacial score (nSPS) is 15.0. The SMILES string of the molecule is Cc1c(Cl)cccc1NC(=O)c1ccc(CN2CCC(Cc3ccccc3)CC2)cc1. The molecule has 3 aromatic carbocycles. The maximum absolute atomic E-state index is 12.6. The van der Waals surface area contributed by atoms with Gasteiger partial charge in [0, 0.05) is 22.8 Å². The number of benzene rings is 3. The van der Waals surface area contributed by atoms with E-state index in [0.717, 1.165) is 36.8 Å². The van der Waals surface area contributed by atoms with Gasteiger partial charge in [0.05, 0.1) is 0 Å². The molecule has 1 fully saturated rings. The van der Waals surface area contributed by atoms with Crippen LogP contribution in [0.3, 0.4) is 0 Å². The highest BCUT2D eigenvalue weighted by atomic mass is 35.5. The van der Waals surface area contributed by atoms with Crippen molar-refractivity contribution in [1.29, 1.82) is 0 Å². The molecule has 4 rings (SSSR count). The van der Waals surface area contributed by atoms with Crippen molar-refractivity contribution in [3.63, 3.8) is 0 Å². The first-order valence-electron chi connectivity index (χ1n) is 11.0. The van der Waals surface area contributed by atoms with Gasteiger partial charge in [-0.05, 0) is 86.1 Å². The van der Waals surface area contributed by atoms with Crippen LogP contribution in [0.1, 0.15) is 39.9 Å². The molecule has 0 atom stereocenters. The average molecular weight is 433 g/mol. The van der Waals surface area contributed by atoms with Gasteiger partial charge in [0.2, 0.25) is 0 Å². The van der Waals surface area contributed by atoms with E-state index in [2.05, 4.69) is 52.7 Å². The summed E-state index contributed by atoms with van der Waals surface area (Å²) >= 11 is 6.15. The minimum absolute atomic E-state index is 0.112. The lowest BCUT2D eigenvalue weighted by molar-refractivity contribution is 0.102. The molecule has 1 N–H and O–H groups in total. The van der Waals surface area contributed by atoms with E-state index < -0.39 is 0 Å². The number of halogens is 1. The molecular weight excluding hydrogens is 404 g/mol. The molecule has 0 saturated carbocycles. The third-order valence-corrected chi connectivity index (χ3v) is 6.62. The second kappa shape index (κ2) is 10.1. The molecule has 1 saturated heterocycles. The average Bonchev–Trinajstić information content (AvgIpc) is 2.79. The number of hydrogen-bond donors (Lipinski definition) is 1. The Balaban J connectivity index is 1.28. The van der Waals surface area contributed by atoms with Crippen LogP contribution in [0.2, 0.25) is 5.02 Å². The highest BCUT2D eigenvalue weighted by Crippen LogP contribution is 2.24. The molecule has 0 aromatic heterocycles. The van der Waals surface area contributed by atoms with Gasteiger partial charge in [-0.15, -0.1) is 0 Å². The van der Waals surface area contributed by atoms with Crippen molar-refractivity contribution in [2.75, 3.05) is 18.4 Å². The van der Waals surface area contributed by atoms with Gasteiger partial charge in [0.25, 0.3) is 5.91 Å². The Hall–Kier alpha value is -2.62. The summed E-state index contributed by atoms with van der Waals surface area (Å²) in [5.41, 5.74) is 4.98. The van der Waals surface area contributed by atoms with Crippen molar-refractivity contribution < 1.29 is 4.79 Å². The summed E-state index contributed by atoms with van der Waals surface area (Å²) in [6.07, 6.45) is 3.67. The van der Waals surface area contributed by atoms with E-state index in [9.17, 15) is 4.79 Å². The Morgan fingerprint density at radius 2 is 1.65 bits per heavy atom. The molecule has 3 nitrogen and oxygen atoms in total. The molecule has 3 aromatic rings. The number of nitrogens with one attached hydrogen (secondary N) is 1. The van der Waals surface area contributed by atoms with Crippen LogP contribution < -0.4 is 5.32 Å². The number of amides is 1. The summed E-state index contributed by atoms with van der Waals surface area (Å²) in [7, 11) is 0. The van der Waals surface area contributed by atoms with E-state index in [4.69, 9.17) is 11.6 Å². The summed E-state index contributed by atoms with van der Waals surface area (Å²) in [5, 5.41) is 3.61. The van der Waals surface area contributed by atoms with Crippen LogP contribution >= 0.6 is 11.6 Å². The lowest BCUT2D eigenvalue weighted by Gasteiger charge is -2.32. The van der Waals surface area contributed by atoms with E-state index in [0.29, 0.717) is 10.6 Å². The number of piperidine rings is 1. The van der Waals surface area contributed by atoms with Crippen LogP contribution in [-0.2, 0) is 13.0 Å². The maximum Gasteiger partial charge on any atom is 0.255 e. The zero-order valence-electron chi connectivity index (χ0n) is 18.0. The van der Waals surface area contributed by atoms with Crippen molar-refractivity contribution in [3.8, 4) is 0 Å². The summed E-state index contributed by atoms with van der Waals surface area (Å²) in [6.45, 7) is 5.11. The summed E-state index contributed by atoms with van der Waals surface area (Å²) < 4.78 is 0. The number of hydrogen-bond acceptors (Lipinski definition) is 2. The van der Waals surface area contributed by atoms with Crippen LogP contribution in [0, 0.1) is 12.8 Å². The fraction of sp³-hybridized carbons (Fsp3) is 0.296. The zero-order chi connectivity index (χ0) is 21.6. The lowest BCUT2D eigenvalue weighted by atomic mass is 9.90. The molecule has 31 heavy (non-hydrogen) atoms. The molecule has 1 heterocycles. The highest BCUT2D eigenvalue weighted by Gasteiger charge is 2.19. The van der Waals surface area contributed by atoms with E-state index in [1.54, 1.807) is 0 Å². The Morgan fingerprint density at radius 3 is 2.35 bits per heavy atom. The third kappa shape index (κ3) is 5.75. The van der Waals surface area contributed by atoms with Crippen LogP contribution in [0.4, 0.5) is 5.69 Å². The van der Waals surface area contributed by atoms with E-state index in [-0.39, 0.29) is 5.91 Å². The van der Waals surface area contributed by atoms with Gasteiger partial charge in [-0.1, -0.05) is 60.1 Å². The molecule has 1 aliphatic rings. The van der Waals surface area contributed by atoms with Crippen LogP contribution in [0.5, 0.6) is 0 Å². The number of carbonyl (C=O) groups is 1. The second-order valence-electron chi connectivity index (χ2n) is 8.47. The Labute approximate surface area is 190 Å². The van der Waals surface area contributed by atoms with Crippen molar-refractivity contribution in [3.05, 3.63) is 100 Å². The largest absolute Gasteiger partial charge is 0.322 e. The second-order valence-corrected chi connectivity index (χ2v) is 8.88. The number of likely N-dealkylation sites (tertiary alicyclic amines) is 1. The molecule has 160 valence electrons. The number of nitrogens with zero attached hydrogens (tertiary/aromatic N) is 1. The first-order chi connectivity index (χ1) is 15.1. The van der Waals surface area contributed by atoms with Crippen molar-refractivity contribution in [2.24, 2.45) is 5.92 Å². The van der Waals surface area contributed by atoms with E-state index in [1.165, 1.54) is 30.4 Å². The molecule has 0 aliphatic carbocycles. The van der Waals surface area contributed by atoms with Crippen LogP contribution in [-0.4, -0.2) is 23.9 Å². The summed E-state index contributed by atoms with van der Waals surface area (Å²) in [6, 6.07) is 24.3. The van der Waals surface area contributed by atoms with Gasteiger partial charge >= 0.3 is 0 Å². The molecule has 4 heteroatoms. The predicted molar refractivity (Wildman–Crippen MR) is 129 cm³/mol. The Morgan fingerprint density at radius 1 is 0.935 bits per heavy atom. The number of anilines is 1. The summed E-state index contributed by atoms with van der Waals surface area (Å²) in [5.74, 6) is 0.665. The number of carbonyl (C=O) groups excluding carboxylic acids is 1. The first kappa shape index (κ1) is 21.6. The highest BCUT2D eigenvalue weighted by molar-refractivity contribution is 6.31. The van der Waals surface area contributed by atoms with Gasteiger partial charge in [-0.25, -0.2) is 0 Å². The Bertz CT molecular complexity index is 1010. The molecule has 1 amide bonds. The molecule has 0 unspecified atom stereocenters. The number of rotatable bonds is 6. The van der Waals surface area contributed by atoms with Gasteiger partial charge in [-0.2, -0.15) is 0 Å². The van der Waals surface area contributed by atoms with Gasteiger partial charge in [0.1, 0.15) is 0 Å². The zero-order valence-corrected chi connectivity index (χ0v) is 18.7. The minimum atomic E-state index is -0.112. The van der Waals surface area contributed by atoms with Crippen molar-refractivity contribution in [2.45, 2.75) is 32.7 Å². The lowest BCUT2D eigenvalue weighted by Crippen LogP contribution is -2.33. The van der Waals surface area contributed by atoms with Crippen LogP contribution in [0.15, 0.2) is 72.8 Å². The predicted octanol–water partition coefficient (Wildman–Crippen LogP) is 6.36. The first-order valence-corrected chi connectivity index (χ1v) is 11.4. The molecule has 1 aliphatic heterocycles. The third-order valence-electron chi connectivity index (χ3n) is 6.21. The van der Waals surface area contributed by atoms with E-state index >= 15 is 0 Å². The fourth-order valence-electron chi connectivity index (χ4n) is 4.25. The molecule has 0 spiro atoms. The van der Waals surface area contributed by atoms with E-state index in [1.807, 2.05) is 37.3 Å². The Kier molecular flexibility index (Phi) is 7.06. The smallest absolute Gasteiger partial charge is 0.255 e. The molecule has 0 radical (unpaired) electrons. The molecule has 0 bridgehead atoms.